The van der Waals surface area contributed by atoms with Crippen molar-refractivity contribution in [2.24, 2.45) is 0 Å². The van der Waals surface area contributed by atoms with E-state index >= 15 is 0 Å². The van der Waals surface area contributed by atoms with Gasteiger partial charge in [-0.25, -0.2) is 4.57 Å². The van der Waals surface area contributed by atoms with Gasteiger partial charge in [0.2, 0.25) is 0 Å². The predicted octanol–water partition coefficient (Wildman–Crippen LogP) is 9.11. The molecule has 0 radical (unpaired) electrons. The number of phosphoric acid groups is 1. The minimum atomic E-state index is -4.60. The summed E-state index contributed by atoms with van der Waals surface area (Å²) in [6.07, 6.45) is 26.5. The second-order valence-electron chi connectivity index (χ2n) is 13.0. The first kappa shape index (κ1) is 46.0. The summed E-state index contributed by atoms with van der Waals surface area (Å²) in [7, 11) is -4.60. The van der Waals surface area contributed by atoms with E-state index in [-0.39, 0.29) is 19.4 Å². The molecule has 0 aliphatic carbocycles. The molecular weight excluding hydrogens is 623 g/mol. The Balaban J connectivity index is 4.32. The van der Waals surface area contributed by atoms with Gasteiger partial charge in [-0.3, -0.25) is 18.6 Å². The second kappa shape index (κ2) is 33.5. The van der Waals surface area contributed by atoms with Crippen LogP contribution in [0.15, 0.2) is 0 Å². The lowest BCUT2D eigenvalue weighted by atomic mass is 10.0. The number of carbonyl (C=O) groups is 2. The van der Waals surface area contributed by atoms with Crippen LogP contribution >= 0.6 is 7.82 Å². The normalized spacial score (nSPS) is 14.1. The van der Waals surface area contributed by atoms with Crippen LogP contribution in [-0.4, -0.2) is 65.7 Å². The fraction of sp³-hybridized carbons (Fsp3) is 0.944. The Labute approximate surface area is 286 Å². The Hall–Kier alpha value is -1.03. The summed E-state index contributed by atoms with van der Waals surface area (Å²) >= 11 is 0. The number of carbonyl (C=O) groups excluding carboxylic acids is 2. The van der Waals surface area contributed by atoms with Gasteiger partial charge in [0.05, 0.1) is 19.8 Å². The Bertz CT molecular complexity index is 766. The Morgan fingerprint density at radius 2 is 0.915 bits per heavy atom. The zero-order valence-corrected chi connectivity index (χ0v) is 30.9. The molecule has 1 unspecified atom stereocenters. The lowest BCUT2D eigenvalue weighted by molar-refractivity contribution is -0.161. The van der Waals surface area contributed by atoms with Crippen molar-refractivity contribution >= 4 is 19.8 Å². The van der Waals surface area contributed by atoms with Gasteiger partial charge in [-0.1, -0.05) is 155 Å². The molecule has 11 heteroatoms. The molecule has 0 aliphatic heterocycles. The van der Waals surface area contributed by atoms with Crippen LogP contribution in [0.4, 0.5) is 0 Å². The molecule has 10 nitrogen and oxygen atoms in total. The Morgan fingerprint density at radius 1 is 0.553 bits per heavy atom. The number of rotatable bonds is 36. The topological polar surface area (TPSA) is 149 Å². The molecule has 0 saturated carbocycles. The average Bonchev–Trinajstić information content (AvgIpc) is 3.05. The summed E-state index contributed by atoms with van der Waals surface area (Å²) in [5.41, 5.74) is 0. The molecule has 3 atom stereocenters. The number of hydrogen-bond acceptors (Lipinski definition) is 9. The summed E-state index contributed by atoms with van der Waals surface area (Å²) in [5.74, 6) is -0.917. The van der Waals surface area contributed by atoms with E-state index in [4.69, 9.17) is 19.1 Å². The zero-order valence-electron chi connectivity index (χ0n) is 30.0. The molecule has 280 valence electrons. The van der Waals surface area contributed by atoms with Crippen LogP contribution in [0.2, 0.25) is 0 Å². The van der Waals surface area contributed by atoms with E-state index in [0.717, 1.165) is 32.1 Å². The minimum Gasteiger partial charge on any atom is -0.462 e. The molecule has 0 amide bonds. The van der Waals surface area contributed by atoms with E-state index in [1.54, 1.807) is 0 Å². The third-order valence-corrected chi connectivity index (χ3v) is 9.21. The summed E-state index contributed by atoms with van der Waals surface area (Å²) in [6.45, 7) is 2.37. The molecule has 0 aromatic heterocycles. The second-order valence-corrected chi connectivity index (χ2v) is 14.4. The quantitative estimate of drug-likeness (QED) is 0.0329. The first-order chi connectivity index (χ1) is 22.7. The van der Waals surface area contributed by atoms with E-state index in [1.807, 2.05) is 0 Å². The molecule has 0 spiro atoms. The summed E-state index contributed by atoms with van der Waals surface area (Å²) in [5, 5.41) is 18.2. The van der Waals surface area contributed by atoms with Crippen molar-refractivity contribution in [3.05, 3.63) is 0 Å². The maximum Gasteiger partial charge on any atom is 0.472 e. The van der Waals surface area contributed by atoms with Gasteiger partial charge in [0.15, 0.2) is 6.10 Å². The monoisotopic (exact) mass is 694 g/mol. The molecule has 0 saturated heterocycles. The number of aliphatic hydroxyl groups excluding tert-OH is 2. The highest BCUT2D eigenvalue weighted by Gasteiger charge is 2.27. The molecule has 0 aliphatic rings. The molecular formula is C36H71O10P. The molecule has 0 rings (SSSR count). The minimum absolute atomic E-state index is 0.190. The molecule has 0 fully saturated rings. The largest absolute Gasteiger partial charge is 0.472 e. The van der Waals surface area contributed by atoms with E-state index in [2.05, 4.69) is 18.4 Å². The number of hydrogen-bond donors (Lipinski definition) is 3. The molecule has 47 heavy (non-hydrogen) atoms. The molecule has 0 aromatic rings. The first-order valence-electron chi connectivity index (χ1n) is 19.0. The number of phosphoric ester groups is 1. The van der Waals surface area contributed by atoms with Crippen LogP contribution in [-0.2, 0) is 32.7 Å². The van der Waals surface area contributed by atoms with Gasteiger partial charge in [-0.15, -0.1) is 0 Å². The fourth-order valence-corrected chi connectivity index (χ4v) is 6.08. The van der Waals surface area contributed by atoms with Crippen molar-refractivity contribution in [2.75, 3.05) is 26.4 Å². The van der Waals surface area contributed by atoms with Crippen LogP contribution in [0, 0.1) is 0 Å². The van der Waals surface area contributed by atoms with Gasteiger partial charge in [-0.2, -0.15) is 0 Å². The Morgan fingerprint density at radius 3 is 1.32 bits per heavy atom. The third-order valence-electron chi connectivity index (χ3n) is 8.26. The SMILES string of the molecule is CCCCCCCCCCCCCCCCC(=O)OC[C@H](COP(=O)(O)OC[C@@H](O)CO)OC(=O)CCCCCCCCCCCC. The molecule has 3 N–H and O–H groups in total. The fourth-order valence-electron chi connectivity index (χ4n) is 5.29. The van der Waals surface area contributed by atoms with Gasteiger partial charge in [0.25, 0.3) is 0 Å². The maximum atomic E-state index is 12.5. The lowest BCUT2D eigenvalue weighted by Crippen LogP contribution is -2.29. The molecule has 0 bridgehead atoms. The standard InChI is InChI=1S/C36H71O10P/c1-3-5-7-9-11-13-15-16-17-18-20-21-23-25-27-35(39)43-31-34(32-45-47(41,42)44-30-33(38)29-37)46-36(40)28-26-24-22-19-14-12-10-8-6-4-2/h33-34,37-38H,3-32H2,1-2H3,(H,41,42)/t33-,34+/m0/s1. The summed E-state index contributed by atoms with van der Waals surface area (Å²) in [6, 6.07) is 0. The smallest absolute Gasteiger partial charge is 0.462 e. The van der Waals surface area contributed by atoms with Crippen molar-refractivity contribution in [1.29, 1.82) is 0 Å². The van der Waals surface area contributed by atoms with Crippen LogP contribution in [0.1, 0.15) is 181 Å². The van der Waals surface area contributed by atoms with Crippen molar-refractivity contribution in [3.8, 4) is 0 Å². The average molecular weight is 695 g/mol. The van der Waals surface area contributed by atoms with Gasteiger partial charge < -0.3 is 24.6 Å². The van der Waals surface area contributed by atoms with Crippen LogP contribution in [0.5, 0.6) is 0 Å². The van der Waals surface area contributed by atoms with Crippen LogP contribution < -0.4 is 0 Å². The van der Waals surface area contributed by atoms with E-state index < -0.39 is 51.8 Å². The number of esters is 2. The van der Waals surface area contributed by atoms with Crippen molar-refractivity contribution in [1.82, 2.24) is 0 Å². The van der Waals surface area contributed by atoms with Crippen molar-refractivity contribution in [3.63, 3.8) is 0 Å². The molecule has 0 heterocycles. The van der Waals surface area contributed by atoms with Crippen LogP contribution in [0.3, 0.4) is 0 Å². The van der Waals surface area contributed by atoms with Gasteiger partial charge in [0.1, 0.15) is 12.7 Å². The third kappa shape index (κ3) is 33.3. The van der Waals surface area contributed by atoms with Crippen molar-refractivity contribution in [2.45, 2.75) is 193 Å². The van der Waals surface area contributed by atoms with Crippen LogP contribution in [0.25, 0.3) is 0 Å². The number of unbranched alkanes of at least 4 members (excludes halogenated alkanes) is 22. The van der Waals surface area contributed by atoms with E-state index in [1.165, 1.54) is 109 Å². The summed E-state index contributed by atoms with van der Waals surface area (Å²) in [4.78, 5) is 34.7. The zero-order chi connectivity index (χ0) is 34.9. The van der Waals surface area contributed by atoms with Gasteiger partial charge >= 0.3 is 19.8 Å². The molecule has 0 aromatic carbocycles. The predicted molar refractivity (Wildman–Crippen MR) is 187 cm³/mol. The van der Waals surface area contributed by atoms with Gasteiger partial charge in [-0.05, 0) is 12.8 Å². The highest BCUT2D eigenvalue weighted by Crippen LogP contribution is 2.43. The maximum absolute atomic E-state index is 12.5. The highest BCUT2D eigenvalue weighted by atomic mass is 31.2. The highest BCUT2D eigenvalue weighted by molar-refractivity contribution is 7.47. The summed E-state index contributed by atoms with van der Waals surface area (Å²) < 4.78 is 32.5. The number of ether oxygens (including phenoxy) is 2. The Kier molecular flexibility index (Phi) is 32.7. The first-order valence-corrected chi connectivity index (χ1v) is 20.5. The van der Waals surface area contributed by atoms with Crippen molar-refractivity contribution < 1.29 is 47.8 Å². The number of aliphatic hydroxyl groups is 2. The van der Waals surface area contributed by atoms with E-state index in [9.17, 15) is 24.2 Å². The van der Waals surface area contributed by atoms with E-state index in [0.29, 0.717) is 12.8 Å². The van der Waals surface area contributed by atoms with Gasteiger partial charge in [0, 0.05) is 12.8 Å². The lowest BCUT2D eigenvalue weighted by Gasteiger charge is -2.20.